The van der Waals surface area contributed by atoms with Crippen LogP contribution in [0.4, 0.5) is 0 Å². The second kappa shape index (κ2) is 5.50. The largest absolute Gasteiger partial charge is 0.481 e. The highest BCUT2D eigenvalue weighted by molar-refractivity contribution is 5.90. The third kappa shape index (κ3) is 2.94. The van der Waals surface area contributed by atoms with Crippen LogP contribution in [0.25, 0.3) is 0 Å². The number of nitrogens with zero attached hydrogens (tertiary/aromatic N) is 1. The van der Waals surface area contributed by atoms with Gasteiger partial charge in [0.25, 0.3) is 0 Å². The van der Waals surface area contributed by atoms with Crippen molar-refractivity contribution < 1.29 is 19.5 Å². The molecule has 114 valence electrons. The molecule has 0 aromatic heterocycles. The Balaban J connectivity index is 1.56. The molecule has 2 amide bonds. The van der Waals surface area contributed by atoms with Crippen LogP contribution >= 0.6 is 0 Å². The van der Waals surface area contributed by atoms with E-state index in [-0.39, 0.29) is 29.8 Å². The van der Waals surface area contributed by atoms with E-state index < -0.39 is 11.9 Å². The Labute approximate surface area is 123 Å². The lowest BCUT2D eigenvalue weighted by molar-refractivity contribution is -0.140. The SMILES string of the molecule is O=C(O)C1C=CC(NC(=O)C2CCCN2C(=O)C2CC2)C1. The minimum absolute atomic E-state index is 0.109. The number of carboxylic acids is 1. The molecule has 0 radical (unpaired) electrons. The Kier molecular flexibility index (Phi) is 3.69. The van der Waals surface area contributed by atoms with E-state index >= 15 is 0 Å². The zero-order chi connectivity index (χ0) is 15.0. The van der Waals surface area contributed by atoms with E-state index in [2.05, 4.69) is 5.32 Å². The molecule has 3 rings (SSSR count). The molecular weight excluding hydrogens is 272 g/mol. The van der Waals surface area contributed by atoms with Crippen LogP contribution in [0.1, 0.15) is 32.1 Å². The van der Waals surface area contributed by atoms with E-state index in [0.717, 1.165) is 19.3 Å². The van der Waals surface area contributed by atoms with Crippen molar-refractivity contribution in [3.63, 3.8) is 0 Å². The van der Waals surface area contributed by atoms with Crippen LogP contribution in [-0.2, 0) is 14.4 Å². The summed E-state index contributed by atoms with van der Waals surface area (Å²) in [5.74, 6) is -1.31. The second-order valence-corrected chi connectivity index (χ2v) is 6.14. The second-order valence-electron chi connectivity index (χ2n) is 6.14. The predicted octanol–water partition coefficient (Wildman–Crippen LogP) is 0.533. The summed E-state index contributed by atoms with van der Waals surface area (Å²) in [6.45, 7) is 0.658. The number of hydrogen-bond acceptors (Lipinski definition) is 3. The molecule has 1 saturated carbocycles. The maximum atomic E-state index is 12.3. The fourth-order valence-electron chi connectivity index (χ4n) is 3.14. The summed E-state index contributed by atoms with van der Waals surface area (Å²) in [5, 5.41) is 11.8. The minimum atomic E-state index is -0.866. The molecule has 0 spiro atoms. The summed E-state index contributed by atoms with van der Waals surface area (Å²) in [6, 6.07) is -0.618. The van der Waals surface area contributed by atoms with Crippen LogP contribution in [0.3, 0.4) is 0 Å². The van der Waals surface area contributed by atoms with Crippen LogP contribution in [-0.4, -0.2) is 46.4 Å². The average Bonchev–Trinajstić information content (AvgIpc) is 3.00. The number of likely N-dealkylation sites (tertiary alicyclic amines) is 1. The Bertz CT molecular complexity index is 498. The standard InChI is InChI=1S/C15H20N2O4/c18-13(16-11-6-5-10(8-11)15(20)21)12-2-1-7-17(12)14(19)9-3-4-9/h5-6,9-12H,1-4,7-8H2,(H,16,18)(H,20,21). The van der Waals surface area contributed by atoms with Crippen molar-refractivity contribution >= 4 is 17.8 Å². The van der Waals surface area contributed by atoms with Crippen LogP contribution in [0.2, 0.25) is 0 Å². The molecule has 1 aliphatic heterocycles. The summed E-state index contributed by atoms with van der Waals surface area (Å²) in [5.41, 5.74) is 0. The normalized spacial score (nSPS) is 31.4. The van der Waals surface area contributed by atoms with Crippen LogP contribution in [0.5, 0.6) is 0 Å². The third-order valence-electron chi connectivity index (χ3n) is 4.49. The molecule has 1 saturated heterocycles. The molecule has 3 atom stereocenters. The fraction of sp³-hybridized carbons (Fsp3) is 0.667. The summed E-state index contributed by atoms with van der Waals surface area (Å²) in [4.78, 5) is 37.1. The van der Waals surface area contributed by atoms with Gasteiger partial charge >= 0.3 is 5.97 Å². The van der Waals surface area contributed by atoms with Crippen molar-refractivity contribution in [3.05, 3.63) is 12.2 Å². The van der Waals surface area contributed by atoms with Crippen molar-refractivity contribution in [2.45, 2.75) is 44.2 Å². The van der Waals surface area contributed by atoms with E-state index in [4.69, 9.17) is 5.11 Å². The van der Waals surface area contributed by atoms with Gasteiger partial charge in [-0.05, 0) is 32.1 Å². The van der Waals surface area contributed by atoms with E-state index in [1.807, 2.05) is 0 Å². The molecule has 6 heteroatoms. The molecule has 3 aliphatic rings. The number of carbonyl (C=O) groups excluding carboxylic acids is 2. The molecule has 0 aromatic rings. The average molecular weight is 292 g/mol. The number of nitrogens with one attached hydrogen (secondary N) is 1. The number of carbonyl (C=O) groups is 3. The Hall–Kier alpha value is -1.85. The number of amides is 2. The van der Waals surface area contributed by atoms with Crippen LogP contribution in [0.15, 0.2) is 12.2 Å². The maximum absolute atomic E-state index is 12.3. The van der Waals surface area contributed by atoms with Gasteiger partial charge in [-0.3, -0.25) is 14.4 Å². The Morgan fingerprint density at radius 2 is 1.90 bits per heavy atom. The summed E-state index contributed by atoms with van der Waals surface area (Å²) < 4.78 is 0. The number of rotatable bonds is 4. The van der Waals surface area contributed by atoms with Crippen molar-refractivity contribution in [1.82, 2.24) is 10.2 Å². The van der Waals surface area contributed by atoms with Gasteiger partial charge in [0.1, 0.15) is 6.04 Å². The Morgan fingerprint density at radius 1 is 1.14 bits per heavy atom. The first-order valence-electron chi connectivity index (χ1n) is 7.58. The molecule has 21 heavy (non-hydrogen) atoms. The van der Waals surface area contributed by atoms with Gasteiger partial charge in [0.2, 0.25) is 11.8 Å². The highest BCUT2D eigenvalue weighted by Crippen LogP contribution is 2.33. The van der Waals surface area contributed by atoms with Crippen molar-refractivity contribution in [2.75, 3.05) is 6.54 Å². The smallest absolute Gasteiger partial charge is 0.310 e. The minimum Gasteiger partial charge on any atom is -0.481 e. The van der Waals surface area contributed by atoms with Gasteiger partial charge in [-0.15, -0.1) is 0 Å². The third-order valence-corrected chi connectivity index (χ3v) is 4.49. The molecule has 2 aliphatic carbocycles. The number of aliphatic carboxylic acids is 1. The van der Waals surface area contributed by atoms with Gasteiger partial charge in [0.05, 0.1) is 5.92 Å². The predicted molar refractivity (Wildman–Crippen MR) is 74.3 cm³/mol. The van der Waals surface area contributed by atoms with Gasteiger partial charge < -0.3 is 15.3 Å². The molecule has 2 fully saturated rings. The zero-order valence-electron chi connectivity index (χ0n) is 11.8. The molecular formula is C15H20N2O4. The summed E-state index contributed by atoms with van der Waals surface area (Å²) >= 11 is 0. The van der Waals surface area contributed by atoms with Gasteiger partial charge in [-0.1, -0.05) is 12.2 Å². The number of hydrogen-bond donors (Lipinski definition) is 2. The number of carboxylic acid groups (broad SMARTS) is 1. The summed E-state index contributed by atoms with van der Waals surface area (Å²) in [6.07, 6.45) is 7.18. The first-order valence-corrected chi connectivity index (χ1v) is 7.58. The van der Waals surface area contributed by atoms with Crippen molar-refractivity contribution in [2.24, 2.45) is 11.8 Å². The highest BCUT2D eigenvalue weighted by atomic mass is 16.4. The fourth-order valence-corrected chi connectivity index (χ4v) is 3.14. The topological polar surface area (TPSA) is 86.7 Å². The molecule has 6 nitrogen and oxygen atoms in total. The summed E-state index contributed by atoms with van der Waals surface area (Å²) in [7, 11) is 0. The molecule has 1 heterocycles. The lowest BCUT2D eigenvalue weighted by Crippen LogP contribution is -2.48. The van der Waals surface area contributed by atoms with E-state index in [9.17, 15) is 14.4 Å². The van der Waals surface area contributed by atoms with Gasteiger partial charge in [-0.2, -0.15) is 0 Å². The molecule has 0 bridgehead atoms. The van der Waals surface area contributed by atoms with Crippen LogP contribution in [0, 0.1) is 11.8 Å². The lowest BCUT2D eigenvalue weighted by Gasteiger charge is -2.25. The van der Waals surface area contributed by atoms with Crippen LogP contribution < -0.4 is 5.32 Å². The highest BCUT2D eigenvalue weighted by Gasteiger charge is 2.41. The molecule has 3 unspecified atom stereocenters. The van der Waals surface area contributed by atoms with Gasteiger partial charge in [-0.25, -0.2) is 0 Å². The van der Waals surface area contributed by atoms with E-state index in [1.165, 1.54) is 0 Å². The van der Waals surface area contributed by atoms with Crippen molar-refractivity contribution in [3.8, 4) is 0 Å². The van der Waals surface area contributed by atoms with Crippen molar-refractivity contribution in [1.29, 1.82) is 0 Å². The zero-order valence-corrected chi connectivity index (χ0v) is 11.8. The Morgan fingerprint density at radius 3 is 2.52 bits per heavy atom. The molecule has 0 aromatic carbocycles. The first-order chi connectivity index (χ1) is 10.1. The van der Waals surface area contributed by atoms with E-state index in [1.54, 1.807) is 17.1 Å². The van der Waals surface area contributed by atoms with Gasteiger partial charge in [0.15, 0.2) is 0 Å². The quantitative estimate of drug-likeness (QED) is 0.740. The monoisotopic (exact) mass is 292 g/mol. The lowest BCUT2D eigenvalue weighted by atomic mass is 10.1. The molecule has 2 N–H and O–H groups in total. The first kappa shape index (κ1) is 14.1. The van der Waals surface area contributed by atoms with E-state index in [0.29, 0.717) is 19.4 Å². The van der Waals surface area contributed by atoms with Gasteiger partial charge in [0, 0.05) is 18.5 Å². The maximum Gasteiger partial charge on any atom is 0.310 e.